The number of halogens is 1. The van der Waals surface area contributed by atoms with Gasteiger partial charge in [-0.3, -0.25) is 9.10 Å². The van der Waals surface area contributed by atoms with Crippen LogP contribution in [0.1, 0.15) is 33.2 Å². The van der Waals surface area contributed by atoms with Crippen LogP contribution in [0.2, 0.25) is 5.02 Å². The molecule has 0 heterocycles. The molecule has 0 aliphatic carbocycles. The van der Waals surface area contributed by atoms with E-state index < -0.39 is 21.9 Å². The molecule has 0 fully saturated rings. The number of rotatable bonds is 6. The third-order valence-corrected chi connectivity index (χ3v) is 5.55. The normalized spacial score (nSPS) is 11.0. The predicted molar refractivity (Wildman–Crippen MR) is 110 cm³/mol. The lowest BCUT2D eigenvalue weighted by Crippen LogP contribution is -2.26. The number of amides is 1. The average molecular weight is 425 g/mol. The van der Waals surface area contributed by atoms with Gasteiger partial charge in [-0.2, -0.15) is 0 Å². The maximum atomic E-state index is 12.6. The summed E-state index contributed by atoms with van der Waals surface area (Å²) in [5.74, 6) is -1.05. The highest BCUT2D eigenvalue weighted by atomic mass is 35.5. The zero-order valence-electron chi connectivity index (χ0n) is 15.9. The second kappa shape index (κ2) is 8.62. The molecule has 2 aromatic rings. The van der Waals surface area contributed by atoms with E-state index in [2.05, 4.69) is 5.32 Å². The minimum Gasteiger partial charge on any atom is -0.462 e. The minimum absolute atomic E-state index is 0.141. The molecule has 0 aliphatic rings. The monoisotopic (exact) mass is 424 g/mol. The van der Waals surface area contributed by atoms with Crippen LogP contribution in [0.15, 0.2) is 36.4 Å². The molecule has 150 valence electrons. The lowest BCUT2D eigenvalue weighted by atomic mass is 10.1. The molecule has 0 aromatic heterocycles. The number of benzene rings is 2. The summed E-state index contributed by atoms with van der Waals surface area (Å²) < 4.78 is 29.7. The Bertz CT molecular complexity index is 1020. The molecule has 0 atom stereocenters. The fraction of sp³-hybridized carbons (Fsp3) is 0.263. The molecule has 0 bridgehead atoms. The number of anilines is 2. The van der Waals surface area contributed by atoms with Crippen molar-refractivity contribution in [2.75, 3.05) is 29.5 Å². The van der Waals surface area contributed by atoms with Crippen LogP contribution in [0.5, 0.6) is 0 Å². The third-order valence-electron chi connectivity index (χ3n) is 4.03. The van der Waals surface area contributed by atoms with Gasteiger partial charge in [0.15, 0.2) is 0 Å². The highest BCUT2D eigenvalue weighted by Crippen LogP contribution is 2.25. The summed E-state index contributed by atoms with van der Waals surface area (Å²) in [5.41, 5.74) is 1.88. The molecule has 1 amide bonds. The summed E-state index contributed by atoms with van der Waals surface area (Å²) >= 11 is 6.02. The molecule has 2 rings (SSSR count). The van der Waals surface area contributed by atoms with Gasteiger partial charge in [-0.25, -0.2) is 13.2 Å². The molecule has 1 N–H and O–H groups in total. The number of hydrogen-bond donors (Lipinski definition) is 1. The Hall–Kier alpha value is -2.58. The quantitative estimate of drug-likeness (QED) is 0.716. The fourth-order valence-corrected chi connectivity index (χ4v) is 3.19. The number of hydrogen-bond acceptors (Lipinski definition) is 5. The zero-order valence-corrected chi connectivity index (χ0v) is 17.5. The van der Waals surface area contributed by atoms with Crippen molar-refractivity contribution in [1.82, 2.24) is 0 Å². The van der Waals surface area contributed by atoms with Crippen molar-refractivity contribution in [2.45, 2.75) is 13.8 Å². The van der Waals surface area contributed by atoms with Crippen molar-refractivity contribution >= 4 is 44.9 Å². The van der Waals surface area contributed by atoms with E-state index in [4.69, 9.17) is 16.3 Å². The van der Waals surface area contributed by atoms with Gasteiger partial charge >= 0.3 is 5.97 Å². The lowest BCUT2D eigenvalue weighted by molar-refractivity contribution is 0.0526. The van der Waals surface area contributed by atoms with Crippen LogP contribution in [0, 0.1) is 6.92 Å². The average Bonchev–Trinajstić information content (AvgIpc) is 2.62. The van der Waals surface area contributed by atoms with Gasteiger partial charge in [0.2, 0.25) is 10.0 Å². The van der Waals surface area contributed by atoms with Gasteiger partial charge < -0.3 is 10.1 Å². The topological polar surface area (TPSA) is 92.8 Å². The number of carbonyl (C=O) groups is 2. The molecule has 2 aromatic carbocycles. The number of carbonyl (C=O) groups excluding carboxylic acids is 2. The fourth-order valence-electron chi connectivity index (χ4n) is 2.44. The maximum Gasteiger partial charge on any atom is 0.339 e. The van der Waals surface area contributed by atoms with Crippen LogP contribution in [-0.4, -0.2) is 40.2 Å². The van der Waals surface area contributed by atoms with E-state index >= 15 is 0 Å². The molecule has 0 unspecified atom stereocenters. The number of sulfonamides is 1. The summed E-state index contributed by atoms with van der Waals surface area (Å²) in [6.45, 7) is 3.63. The Morgan fingerprint density at radius 3 is 2.46 bits per heavy atom. The van der Waals surface area contributed by atoms with E-state index in [-0.39, 0.29) is 22.8 Å². The van der Waals surface area contributed by atoms with Crippen LogP contribution in [0.25, 0.3) is 0 Å². The Morgan fingerprint density at radius 1 is 1.18 bits per heavy atom. The zero-order chi connectivity index (χ0) is 21.1. The van der Waals surface area contributed by atoms with Crippen molar-refractivity contribution in [2.24, 2.45) is 0 Å². The highest BCUT2D eigenvalue weighted by molar-refractivity contribution is 7.92. The van der Waals surface area contributed by atoms with Gasteiger partial charge in [-0.05, 0) is 49.7 Å². The van der Waals surface area contributed by atoms with Gasteiger partial charge in [0.1, 0.15) is 0 Å². The van der Waals surface area contributed by atoms with Crippen molar-refractivity contribution in [3.05, 3.63) is 58.1 Å². The standard InChI is InChI=1S/C19H21ClN2O5S/c1-5-27-19(24)15-11-14(8-9-16(15)20)21-18(23)13-7-6-12(2)17(10-13)22(3)28(4,25)26/h6-11H,5H2,1-4H3,(H,21,23). The van der Waals surface area contributed by atoms with Crippen LogP contribution in [0.3, 0.4) is 0 Å². The van der Waals surface area contributed by atoms with Crippen LogP contribution < -0.4 is 9.62 Å². The Morgan fingerprint density at radius 2 is 1.86 bits per heavy atom. The summed E-state index contributed by atoms with van der Waals surface area (Å²) in [6, 6.07) is 9.22. The van der Waals surface area contributed by atoms with E-state index in [1.165, 1.54) is 25.2 Å². The minimum atomic E-state index is -3.47. The smallest absolute Gasteiger partial charge is 0.339 e. The van der Waals surface area contributed by atoms with Crippen LogP contribution >= 0.6 is 11.6 Å². The molecule has 28 heavy (non-hydrogen) atoms. The first kappa shape index (κ1) is 21.7. The van der Waals surface area contributed by atoms with Gasteiger partial charge in [0.25, 0.3) is 5.91 Å². The van der Waals surface area contributed by atoms with Crippen molar-refractivity contribution in [3.8, 4) is 0 Å². The van der Waals surface area contributed by atoms with Gasteiger partial charge in [0.05, 0.1) is 29.1 Å². The maximum absolute atomic E-state index is 12.6. The van der Waals surface area contributed by atoms with Gasteiger partial charge in [-0.15, -0.1) is 0 Å². The number of nitrogens with one attached hydrogen (secondary N) is 1. The number of nitrogens with zero attached hydrogens (tertiary/aromatic N) is 1. The van der Waals surface area contributed by atoms with E-state index in [0.717, 1.165) is 10.6 Å². The first-order valence-electron chi connectivity index (χ1n) is 8.37. The second-order valence-electron chi connectivity index (χ2n) is 6.10. The van der Waals surface area contributed by atoms with Gasteiger partial charge in [-0.1, -0.05) is 17.7 Å². The van der Waals surface area contributed by atoms with Crippen molar-refractivity contribution in [3.63, 3.8) is 0 Å². The molecule has 0 aliphatic heterocycles. The number of ether oxygens (including phenoxy) is 1. The highest BCUT2D eigenvalue weighted by Gasteiger charge is 2.18. The molecule has 0 spiro atoms. The Labute approximate surface area is 169 Å². The first-order chi connectivity index (χ1) is 13.0. The summed E-state index contributed by atoms with van der Waals surface area (Å²) in [4.78, 5) is 24.6. The molecular formula is C19H21ClN2O5S. The molecule has 0 saturated carbocycles. The molecular weight excluding hydrogens is 404 g/mol. The van der Waals surface area contributed by atoms with Crippen molar-refractivity contribution in [1.29, 1.82) is 0 Å². The van der Waals surface area contributed by atoms with Crippen LogP contribution in [0.4, 0.5) is 11.4 Å². The largest absolute Gasteiger partial charge is 0.462 e. The van der Waals surface area contributed by atoms with E-state index in [1.54, 1.807) is 32.0 Å². The predicted octanol–water partition coefficient (Wildman–Crippen LogP) is 3.47. The first-order valence-corrected chi connectivity index (χ1v) is 10.6. The van der Waals surface area contributed by atoms with E-state index in [9.17, 15) is 18.0 Å². The molecule has 0 radical (unpaired) electrons. The van der Waals surface area contributed by atoms with E-state index in [1.807, 2.05) is 0 Å². The van der Waals surface area contributed by atoms with Crippen LogP contribution in [-0.2, 0) is 14.8 Å². The van der Waals surface area contributed by atoms with Gasteiger partial charge in [0, 0.05) is 18.3 Å². The Balaban J connectivity index is 2.31. The summed E-state index contributed by atoms with van der Waals surface area (Å²) in [6.07, 6.45) is 1.09. The molecule has 9 heteroatoms. The lowest BCUT2D eigenvalue weighted by Gasteiger charge is -2.19. The summed E-state index contributed by atoms with van der Waals surface area (Å²) in [5, 5.41) is 2.89. The molecule has 7 nitrogen and oxygen atoms in total. The second-order valence-corrected chi connectivity index (χ2v) is 8.52. The third kappa shape index (κ3) is 5.02. The summed E-state index contributed by atoms with van der Waals surface area (Å²) in [7, 11) is -2.05. The van der Waals surface area contributed by atoms with E-state index in [0.29, 0.717) is 16.9 Å². The number of aryl methyl sites for hydroxylation is 1. The SMILES string of the molecule is CCOC(=O)c1cc(NC(=O)c2ccc(C)c(N(C)S(C)(=O)=O)c2)ccc1Cl. The Kier molecular flexibility index (Phi) is 6.69. The number of esters is 1. The molecule has 0 saturated heterocycles. The van der Waals surface area contributed by atoms with Crippen molar-refractivity contribution < 1.29 is 22.7 Å².